The van der Waals surface area contributed by atoms with Gasteiger partial charge in [0.15, 0.2) is 0 Å². The van der Waals surface area contributed by atoms with Gasteiger partial charge in [-0.3, -0.25) is 4.79 Å². The maximum Gasteiger partial charge on any atom is 0.267 e. The number of nitrogens with zero attached hydrogens (tertiary/aromatic N) is 2. The van der Waals surface area contributed by atoms with Gasteiger partial charge in [0.25, 0.3) is 5.56 Å². The minimum Gasteiger partial charge on any atom is -0.330 e. The molecule has 1 aromatic carbocycles. The summed E-state index contributed by atoms with van der Waals surface area (Å²) in [6.07, 6.45) is 6.36. The summed E-state index contributed by atoms with van der Waals surface area (Å²) >= 11 is 2.36. The Balaban J connectivity index is 1.56. The van der Waals surface area contributed by atoms with Gasteiger partial charge in [0.2, 0.25) is 0 Å². The second-order valence-electron chi connectivity index (χ2n) is 7.54. The molecular weight excluding hydrogens is 425 g/mol. The molecule has 2 aromatic rings. The summed E-state index contributed by atoms with van der Waals surface area (Å²) in [5.41, 5.74) is 8.72. The zero-order chi connectivity index (χ0) is 17.4. The van der Waals surface area contributed by atoms with Crippen LogP contribution in [0.3, 0.4) is 0 Å². The van der Waals surface area contributed by atoms with Gasteiger partial charge < -0.3 is 5.73 Å². The summed E-state index contributed by atoms with van der Waals surface area (Å²) in [5.74, 6) is 0.574. The van der Waals surface area contributed by atoms with Crippen molar-refractivity contribution in [2.45, 2.75) is 55.9 Å². The van der Waals surface area contributed by atoms with Crippen molar-refractivity contribution in [3.05, 3.63) is 61.6 Å². The topological polar surface area (TPSA) is 60.9 Å². The average molecular weight is 449 g/mol. The Labute approximate surface area is 162 Å². The van der Waals surface area contributed by atoms with Gasteiger partial charge in [-0.25, -0.2) is 4.68 Å². The van der Waals surface area contributed by atoms with E-state index in [1.807, 2.05) is 6.07 Å². The van der Waals surface area contributed by atoms with Gasteiger partial charge in [-0.2, -0.15) is 5.10 Å². The normalized spacial score (nSPS) is 26.6. The van der Waals surface area contributed by atoms with E-state index in [0.717, 1.165) is 31.4 Å². The largest absolute Gasteiger partial charge is 0.330 e. The van der Waals surface area contributed by atoms with Gasteiger partial charge in [-0.05, 0) is 84.9 Å². The van der Waals surface area contributed by atoms with Crippen molar-refractivity contribution < 1.29 is 0 Å². The summed E-state index contributed by atoms with van der Waals surface area (Å²) < 4.78 is 3.00. The smallest absolute Gasteiger partial charge is 0.267 e. The zero-order valence-electron chi connectivity index (χ0n) is 14.3. The van der Waals surface area contributed by atoms with E-state index in [4.69, 9.17) is 10.8 Å². The molecule has 132 valence electrons. The highest BCUT2D eigenvalue weighted by atomic mass is 127. The van der Waals surface area contributed by atoms with E-state index < -0.39 is 0 Å². The first-order chi connectivity index (χ1) is 12.1. The molecule has 5 heteroatoms. The number of hydrogen-bond donors (Lipinski definition) is 1. The second kappa shape index (κ2) is 6.83. The number of aromatic nitrogens is 2. The number of hydrogen-bond acceptors (Lipinski definition) is 3. The molecule has 0 bridgehead atoms. The van der Waals surface area contributed by atoms with Crippen LogP contribution < -0.4 is 11.3 Å². The van der Waals surface area contributed by atoms with E-state index in [9.17, 15) is 4.79 Å². The second-order valence-corrected chi connectivity index (χ2v) is 8.79. The molecule has 0 atom stereocenters. The Hall–Kier alpha value is -1.21. The van der Waals surface area contributed by atoms with Crippen LogP contribution in [0.2, 0.25) is 0 Å². The Kier molecular flexibility index (Phi) is 4.71. The molecular formula is C20H24IN3O. The van der Waals surface area contributed by atoms with Crippen LogP contribution in [0.1, 0.15) is 61.7 Å². The van der Waals surface area contributed by atoms with Crippen LogP contribution in [0.4, 0.5) is 0 Å². The van der Waals surface area contributed by atoms with E-state index in [1.165, 1.54) is 22.0 Å². The van der Waals surface area contributed by atoms with E-state index in [1.54, 1.807) is 10.7 Å². The van der Waals surface area contributed by atoms with Gasteiger partial charge >= 0.3 is 0 Å². The van der Waals surface area contributed by atoms with Gasteiger partial charge in [0.05, 0.1) is 11.7 Å². The van der Waals surface area contributed by atoms with Crippen molar-refractivity contribution >= 4 is 22.6 Å². The fraction of sp³-hybridized carbons (Fsp3) is 0.500. The molecule has 25 heavy (non-hydrogen) atoms. The molecule has 0 radical (unpaired) electrons. The van der Waals surface area contributed by atoms with Crippen LogP contribution in [0.25, 0.3) is 0 Å². The van der Waals surface area contributed by atoms with Crippen LogP contribution in [0, 0.1) is 3.57 Å². The molecule has 2 aliphatic rings. The Morgan fingerprint density at radius 1 is 1.16 bits per heavy atom. The third-order valence-electron chi connectivity index (χ3n) is 5.93. The molecule has 2 N–H and O–H groups in total. The van der Waals surface area contributed by atoms with Crippen LogP contribution in [-0.2, 0) is 5.41 Å². The highest BCUT2D eigenvalue weighted by Crippen LogP contribution is 2.43. The van der Waals surface area contributed by atoms with E-state index in [-0.39, 0.29) is 17.0 Å². The van der Waals surface area contributed by atoms with Crippen molar-refractivity contribution in [3.63, 3.8) is 0 Å². The number of rotatable bonds is 4. The lowest BCUT2D eigenvalue weighted by atomic mass is 9.68. The fourth-order valence-corrected chi connectivity index (χ4v) is 4.67. The fourth-order valence-electron chi connectivity index (χ4n) is 4.13. The molecule has 2 saturated carbocycles. The number of halogens is 1. The summed E-state index contributed by atoms with van der Waals surface area (Å²) in [5, 5.41) is 4.69. The van der Waals surface area contributed by atoms with E-state index in [2.05, 4.69) is 46.9 Å². The van der Waals surface area contributed by atoms with Crippen LogP contribution >= 0.6 is 22.6 Å². The highest BCUT2D eigenvalue weighted by molar-refractivity contribution is 14.1. The Morgan fingerprint density at radius 3 is 2.56 bits per heavy atom. The Bertz CT molecular complexity index is 820. The minimum absolute atomic E-state index is 0.0314. The summed E-state index contributed by atoms with van der Waals surface area (Å²) in [4.78, 5) is 12.3. The average Bonchev–Trinajstić information content (AvgIpc) is 3.47. The quantitative estimate of drug-likeness (QED) is 0.724. The van der Waals surface area contributed by atoms with Gasteiger partial charge in [0.1, 0.15) is 0 Å². The lowest BCUT2D eigenvalue weighted by Gasteiger charge is -2.40. The minimum atomic E-state index is 0.0314. The predicted octanol–water partition coefficient (Wildman–Crippen LogP) is 3.74. The highest BCUT2D eigenvalue weighted by Gasteiger charge is 2.37. The first-order valence-electron chi connectivity index (χ1n) is 9.17. The van der Waals surface area contributed by atoms with Crippen molar-refractivity contribution in [1.82, 2.24) is 9.78 Å². The first-order valence-corrected chi connectivity index (χ1v) is 10.2. The molecule has 0 saturated heterocycles. The molecule has 0 aliphatic heterocycles. The van der Waals surface area contributed by atoms with Crippen molar-refractivity contribution in [1.29, 1.82) is 0 Å². The van der Waals surface area contributed by atoms with E-state index >= 15 is 0 Å². The zero-order valence-corrected chi connectivity index (χ0v) is 16.5. The SMILES string of the molecule is NCC1(c2cccc(I)c2)CCC(n2nc(C3CC3)ccc2=O)CC1. The molecule has 1 aromatic heterocycles. The molecule has 2 aliphatic carbocycles. The van der Waals surface area contributed by atoms with Crippen molar-refractivity contribution in [2.24, 2.45) is 5.73 Å². The van der Waals surface area contributed by atoms with Crippen LogP contribution in [-0.4, -0.2) is 16.3 Å². The standard InChI is InChI=1S/C20H24IN3O/c21-16-3-1-2-15(12-16)20(13-22)10-8-17(9-11-20)24-19(25)7-6-18(23-24)14-4-5-14/h1-3,6-7,12,14,17H,4-5,8-11,13,22H2. The molecule has 0 spiro atoms. The molecule has 0 unspecified atom stereocenters. The monoisotopic (exact) mass is 449 g/mol. The van der Waals surface area contributed by atoms with Crippen LogP contribution in [0.5, 0.6) is 0 Å². The van der Waals surface area contributed by atoms with Crippen LogP contribution in [0.15, 0.2) is 41.2 Å². The number of benzene rings is 1. The summed E-state index contributed by atoms with van der Waals surface area (Å²) in [6, 6.07) is 12.5. The van der Waals surface area contributed by atoms with E-state index in [0.29, 0.717) is 12.5 Å². The van der Waals surface area contributed by atoms with Gasteiger partial charge in [-0.15, -0.1) is 0 Å². The molecule has 2 fully saturated rings. The molecule has 0 amide bonds. The van der Waals surface area contributed by atoms with Gasteiger partial charge in [-0.1, -0.05) is 12.1 Å². The molecule has 4 rings (SSSR count). The maximum atomic E-state index is 12.3. The predicted molar refractivity (Wildman–Crippen MR) is 108 cm³/mol. The van der Waals surface area contributed by atoms with Gasteiger partial charge in [0, 0.05) is 27.5 Å². The van der Waals surface area contributed by atoms with Crippen molar-refractivity contribution in [2.75, 3.05) is 6.54 Å². The number of nitrogens with two attached hydrogens (primary N) is 1. The third-order valence-corrected chi connectivity index (χ3v) is 6.60. The lowest BCUT2D eigenvalue weighted by molar-refractivity contribution is 0.221. The Morgan fingerprint density at radius 2 is 1.92 bits per heavy atom. The maximum absolute atomic E-state index is 12.3. The third kappa shape index (κ3) is 3.40. The summed E-state index contributed by atoms with van der Waals surface area (Å²) in [7, 11) is 0. The summed E-state index contributed by atoms with van der Waals surface area (Å²) in [6.45, 7) is 0.657. The first kappa shape index (κ1) is 17.2. The molecule has 1 heterocycles. The van der Waals surface area contributed by atoms with Crippen molar-refractivity contribution in [3.8, 4) is 0 Å². The lowest BCUT2D eigenvalue weighted by Crippen LogP contribution is -2.41. The molecule has 4 nitrogen and oxygen atoms in total.